The number of carbonyl (C=O) groups excluding carboxylic acids is 1. The second-order valence-electron chi connectivity index (χ2n) is 3.42. The fourth-order valence-corrected chi connectivity index (χ4v) is 2.11. The van der Waals surface area contributed by atoms with Gasteiger partial charge in [0.15, 0.2) is 0 Å². The minimum atomic E-state index is -0.167. The first kappa shape index (κ1) is 13.6. The number of aliphatic hydroxyl groups excluding tert-OH is 1. The van der Waals surface area contributed by atoms with Crippen molar-refractivity contribution in [3.63, 3.8) is 0 Å². The van der Waals surface area contributed by atoms with Crippen LogP contribution in [-0.4, -0.2) is 42.2 Å². The number of thiophene rings is 1. The minimum Gasteiger partial charge on any atom is -0.395 e. The zero-order valence-corrected chi connectivity index (χ0v) is 10.5. The van der Waals surface area contributed by atoms with E-state index in [2.05, 4.69) is 5.32 Å². The Morgan fingerprint density at radius 1 is 1.71 bits per heavy atom. The first-order chi connectivity index (χ1) is 8.21. The molecule has 1 heterocycles. The molecule has 0 aromatic carbocycles. The lowest BCUT2D eigenvalue weighted by atomic mass is 10.3. The Morgan fingerprint density at radius 2 is 2.47 bits per heavy atom. The molecule has 0 radical (unpaired) electrons. The van der Waals surface area contributed by atoms with Gasteiger partial charge in [-0.2, -0.15) is 5.26 Å². The highest BCUT2D eigenvalue weighted by molar-refractivity contribution is 7.14. The molecule has 6 heteroatoms. The van der Waals surface area contributed by atoms with Gasteiger partial charge in [0.2, 0.25) is 5.91 Å². The van der Waals surface area contributed by atoms with Crippen LogP contribution in [0.3, 0.4) is 0 Å². The van der Waals surface area contributed by atoms with Crippen LogP contribution in [0.2, 0.25) is 0 Å². The first-order valence-electron chi connectivity index (χ1n) is 5.32. The van der Waals surface area contributed by atoms with Crippen molar-refractivity contribution in [1.82, 2.24) is 4.90 Å². The van der Waals surface area contributed by atoms with Crippen LogP contribution in [0.15, 0.2) is 11.4 Å². The molecule has 0 unspecified atom stereocenters. The van der Waals surface area contributed by atoms with E-state index in [0.29, 0.717) is 23.7 Å². The van der Waals surface area contributed by atoms with Crippen LogP contribution in [0.4, 0.5) is 5.00 Å². The van der Waals surface area contributed by atoms with E-state index in [9.17, 15) is 4.79 Å². The number of hydrogen-bond donors (Lipinski definition) is 2. The van der Waals surface area contributed by atoms with E-state index in [1.165, 1.54) is 11.3 Å². The number of hydrogen-bond acceptors (Lipinski definition) is 5. The van der Waals surface area contributed by atoms with E-state index in [0.717, 1.165) is 0 Å². The standard InChI is InChI=1S/C11H15N3O2S/c1-2-14(4-5-15)8-10(16)13-11-9(7-12)3-6-17-11/h3,6,15H,2,4-5,8H2,1H3,(H,13,16). The third-order valence-electron chi connectivity index (χ3n) is 2.27. The average Bonchev–Trinajstić information content (AvgIpc) is 2.75. The topological polar surface area (TPSA) is 76.4 Å². The fourth-order valence-electron chi connectivity index (χ4n) is 1.35. The van der Waals surface area contributed by atoms with E-state index in [1.54, 1.807) is 11.4 Å². The predicted molar refractivity (Wildman–Crippen MR) is 66.9 cm³/mol. The summed E-state index contributed by atoms with van der Waals surface area (Å²) >= 11 is 1.33. The summed E-state index contributed by atoms with van der Waals surface area (Å²) in [6, 6.07) is 3.69. The molecule has 17 heavy (non-hydrogen) atoms. The zero-order chi connectivity index (χ0) is 12.7. The van der Waals surface area contributed by atoms with Crippen molar-refractivity contribution >= 4 is 22.2 Å². The number of rotatable bonds is 6. The van der Waals surface area contributed by atoms with Crippen LogP contribution in [0.25, 0.3) is 0 Å². The number of anilines is 1. The molecule has 0 bridgehead atoms. The van der Waals surface area contributed by atoms with Gasteiger partial charge in [0.1, 0.15) is 11.1 Å². The van der Waals surface area contributed by atoms with E-state index in [4.69, 9.17) is 10.4 Å². The van der Waals surface area contributed by atoms with E-state index in [-0.39, 0.29) is 19.1 Å². The zero-order valence-electron chi connectivity index (χ0n) is 9.64. The number of nitrogens with one attached hydrogen (secondary N) is 1. The monoisotopic (exact) mass is 253 g/mol. The fraction of sp³-hybridized carbons (Fsp3) is 0.455. The van der Waals surface area contributed by atoms with Gasteiger partial charge in [-0.25, -0.2) is 0 Å². The number of carbonyl (C=O) groups is 1. The highest BCUT2D eigenvalue weighted by Gasteiger charge is 2.11. The van der Waals surface area contributed by atoms with Crippen molar-refractivity contribution in [2.45, 2.75) is 6.92 Å². The molecule has 0 aliphatic carbocycles. The van der Waals surface area contributed by atoms with Gasteiger partial charge in [0.25, 0.3) is 0 Å². The van der Waals surface area contributed by atoms with E-state index >= 15 is 0 Å². The van der Waals surface area contributed by atoms with Crippen LogP contribution in [0, 0.1) is 11.3 Å². The summed E-state index contributed by atoms with van der Waals surface area (Å²) in [5, 5.41) is 22.6. The number of likely N-dealkylation sites (N-methyl/N-ethyl adjacent to an activating group) is 1. The summed E-state index contributed by atoms with van der Waals surface area (Å²) in [6.07, 6.45) is 0. The Labute approximate surface area is 104 Å². The smallest absolute Gasteiger partial charge is 0.239 e. The molecule has 1 rings (SSSR count). The highest BCUT2D eigenvalue weighted by atomic mass is 32.1. The molecule has 2 N–H and O–H groups in total. The van der Waals surface area contributed by atoms with Crippen LogP contribution in [0.5, 0.6) is 0 Å². The van der Waals surface area contributed by atoms with Crippen molar-refractivity contribution < 1.29 is 9.90 Å². The van der Waals surface area contributed by atoms with Gasteiger partial charge in [-0.1, -0.05) is 6.92 Å². The number of nitriles is 1. The Kier molecular flexibility index (Phi) is 5.63. The van der Waals surface area contributed by atoms with Crippen LogP contribution in [0.1, 0.15) is 12.5 Å². The Bertz CT molecular complexity index is 411. The summed E-state index contributed by atoms with van der Waals surface area (Å²) in [4.78, 5) is 13.5. The second-order valence-corrected chi connectivity index (χ2v) is 4.33. The van der Waals surface area contributed by atoms with Crippen LogP contribution < -0.4 is 5.32 Å². The number of nitrogens with zero attached hydrogens (tertiary/aromatic N) is 2. The largest absolute Gasteiger partial charge is 0.395 e. The van der Waals surface area contributed by atoms with Crippen LogP contribution >= 0.6 is 11.3 Å². The molecule has 0 saturated carbocycles. The molecule has 0 fully saturated rings. The third kappa shape index (κ3) is 4.15. The Balaban J connectivity index is 2.52. The summed E-state index contributed by atoms with van der Waals surface area (Å²) in [5.41, 5.74) is 0.480. The second kappa shape index (κ2) is 7.01. The maximum absolute atomic E-state index is 11.7. The summed E-state index contributed by atoms with van der Waals surface area (Å²) in [6.45, 7) is 3.35. The molecule has 0 saturated heterocycles. The molecular formula is C11H15N3O2S. The molecule has 1 amide bonds. The molecule has 5 nitrogen and oxygen atoms in total. The van der Waals surface area contributed by atoms with Gasteiger partial charge in [-0.3, -0.25) is 9.69 Å². The summed E-state index contributed by atoms with van der Waals surface area (Å²) in [5.74, 6) is -0.167. The maximum atomic E-state index is 11.7. The van der Waals surface area contributed by atoms with Gasteiger partial charge in [0.05, 0.1) is 18.7 Å². The van der Waals surface area contributed by atoms with Gasteiger partial charge in [-0.15, -0.1) is 11.3 Å². The van der Waals surface area contributed by atoms with Crippen LogP contribution in [-0.2, 0) is 4.79 Å². The van der Waals surface area contributed by atoms with Gasteiger partial charge >= 0.3 is 0 Å². The molecule has 92 valence electrons. The lowest BCUT2D eigenvalue weighted by Crippen LogP contribution is -2.35. The molecule has 0 spiro atoms. The number of aliphatic hydroxyl groups is 1. The number of amides is 1. The quantitative estimate of drug-likeness (QED) is 0.789. The first-order valence-corrected chi connectivity index (χ1v) is 6.19. The van der Waals surface area contributed by atoms with E-state index in [1.807, 2.05) is 17.9 Å². The van der Waals surface area contributed by atoms with Gasteiger partial charge < -0.3 is 10.4 Å². The molecular weight excluding hydrogens is 238 g/mol. The van der Waals surface area contributed by atoms with Crippen molar-refractivity contribution in [2.75, 3.05) is 31.6 Å². The molecule has 0 aliphatic heterocycles. The van der Waals surface area contributed by atoms with Crippen molar-refractivity contribution in [3.05, 3.63) is 17.0 Å². The predicted octanol–water partition coefficient (Wildman–Crippen LogP) is 0.872. The minimum absolute atomic E-state index is 0.0313. The van der Waals surface area contributed by atoms with Crippen molar-refractivity contribution in [3.8, 4) is 6.07 Å². The lowest BCUT2D eigenvalue weighted by molar-refractivity contribution is -0.117. The SMILES string of the molecule is CCN(CCO)CC(=O)Nc1sccc1C#N. The average molecular weight is 253 g/mol. The van der Waals surface area contributed by atoms with Crippen molar-refractivity contribution in [1.29, 1.82) is 5.26 Å². The van der Waals surface area contributed by atoms with Gasteiger partial charge in [0, 0.05) is 6.54 Å². The maximum Gasteiger partial charge on any atom is 0.239 e. The summed E-state index contributed by atoms with van der Waals surface area (Å²) < 4.78 is 0. The van der Waals surface area contributed by atoms with Gasteiger partial charge in [-0.05, 0) is 18.0 Å². The molecule has 0 atom stereocenters. The molecule has 1 aromatic heterocycles. The molecule has 0 aliphatic rings. The normalized spacial score (nSPS) is 10.2. The van der Waals surface area contributed by atoms with E-state index < -0.39 is 0 Å². The third-order valence-corrected chi connectivity index (χ3v) is 3.10. The molecule has 1 aromatic rings. The Hall–Kier alpha value is -1.42. The highest BCUT2D eigenvalue weighted by Crippen LogP contribution is 2.21. The van der Waals surface area contributed by atoms with Crippen molar-refractivity contribution in [2.24, 2.45) is 0 Å². The Morgan fingerprint density at radius 3 is 3.06 bits per heavy atom. The lowest BCUT2D eigenvalue weighted by Gasteiger charge is -2.17. The summed E-state index contributed by atoms with van der Waals surface area (Å²) in [7, 11) is 0.